The lowest BCUT2D eigenvalue weighted by Crippen LogP contribution is -2.28. The summed E-state index contributed by atoms with van der Waals surface area (Å²) in [5.41, 5.74) is 1.81. The molecular weight excluding hydrogens is 228 g/mol. The fourth-order valence-corrected chi connectivity index (χ4v) is 2.40. The molecule has 3 N–H and O–H groups in total. The summed E-state index contributed by atoms with van der Waals surface area (Å²) in [5.74, 6) is 1.24. The summed E-state index contributed by atoms with van der Waals surface area (Å²) in [6, 6.07) is 5.23. The first kappa shape index (κ1) is 11.5. The second-order valence-electron chi connectivity index (χ2n) is 4.76. The van der Waals surface area contributed by atoms with Gasteiger partial charge in [0.15, 0.2) is 0 Å². The van der Waals surface area contributed by atoms with Crippen LogP contribution in [-0.4, -0.2) is 46.2 Å². The molecule has 0 amide bonds. The number of aromatic nitrogens is 2. The average molecular weight is 246 g/mol. The van der Waals surface area contributed by atoms with Crippen LogP contribution >= 0.6 is 0 Å². The minimum Gasteiger partial charge on any atom is -0.508 e. The molecule has 0 spiro atoms. The normalized spacial score (nSPS) is 18.0. The van der Waals surface area contributed by atoms with Crippen molar-refractivity contribution in [1.29, 1.82) is 0 Å². The Morgan fingerprint density at radius 2 is 2.22 bits per heavy atom. The lowest BCUT2D eigenvalue weighted by atomic mass is 10.3. The highest BCUT2D eigenvalue weighted by atomic mass is 16.3. The number of rotatable bonds is 2. The van der Waals surface area contributed by atoms with Crippen molar-refractivity contribution in [2.75, 3.05) is 26.2 Å². The number of phenolic OH excluding ortho intramolecular Hbond substituents is 1. The smallest absolute Gasteiger partial charge is 0.121 e. The van der Waals surface area contributed by atoms with Crippen LogP contribution in [0.4, 0.5) is 0 Å². The fourth-order valence-electron chi connectivity index (χ4n) is 2.40. The second kappa shape index (κ2) is 4.96. The van der Waals surface area contributed by atoms with Crippen LogP contribution in [0.5, 0.6) is 5.75 Å². The van der Waals surface area contributed by atoms with Gasteiger partial charge in [0.2, 0.25) is 0 Å². The number of fused-ring (bicyclic) bond motifs is 1. The maximum absolute atomic E-state index is 9.43. The van der Waals surface area contributed by atoms with E-state index in [9.17, 15) is 5.11 Å². The first-order valence-corrected chi connectivity index (χ1v) is 6.42. The third kappa shape index (κ3) is 2.47. The Labute approximate surface area is 106 Å². The van der Waals surface area contributed by atoms with Crippen LogP contribution in [0.3, 0.4) is 0 Å². The summed E-state index contributed by atoms with van der Waals surface area (Å²) >= 11 is 0. The van der Waals surface area contributed by atoms with Crippen LogP contribution in [-0.2, 0) is 6.54 Å². The average Bonchev–Trinajstić information content (AvgIpc) is 2.57. The second-order valence-corrected chi connectivity index (χ2v) is 4.76. The van der Waals surface area contributed by atoms with Gasteiger partial charge in [0, 0.05) is 19.2 Å². The number of benzene rings is 1. The van der Waals surface area contributed by atoms with Gasteiger partial charge >= 0.3 is 0 Å². The summed E-state index contributed by atoms with van der Waals surface area (Å²) in [5, 5.41) is 12.8. The number of nitrogens with zero attached hydrogens (tertiary/aromatic N) is 2. The summed E-state index contributed by atoms with van der Waals surface area (Å²) in [6.07, 6.45) is 1.18. The highest BCUT2D eigenvalue weighted by molar-refractivity contribution is 5.76. The van der Waals surface area contributed by atoms with Gasteiger partial charge in [-0.25, -0.2) is 4.98 Å². The van der Waals surface area contributed by atoms with E-state index in [0.717, 1.165) is 49.6 Å². The molecule has 0 atom stereocenters. The first-order valence-electron chi connectivity index (χ1n) is 6.42. The Hall–Kier alpha value is -1.59. The quantitative estimate of drug-likeness (QED) is 0.741. The first-order chi connectivity index (χ1) is 8.81. The van der Waals surface area contributed by atoms with Crippen LogP contribution in [0.2, 0.25) is 0 Å². The molecule has 1 aliphatic rings. The van der Waals surface area contributed by atoms with Gasteiger partial charge in [-0.2, -0.15) is 0 Å². The Morgan fingerprint density at radius 3 is 3.17 bits per heavy atom. The zero-order valence-corrected chi connectivity index (χ0v) is 10.3. The van der Waals surface area contributed by atoms with Crippen LogP contribution in [0.15, 0.2) is 18.2 Å². The van der Waals surface area contributed by atoms with Crippen molar-refractivity contribution in [2.24, 2.45) is 0 Å². The maximum atomic E-state index is 9.43. The summed E-state index contributed by atoms with van der Waals surface area (Å²) in [4.78, 5) is 10.2. The fraction of sp³-hybridized carbons (Fsp3) is 0.462. The van der Waals surface area contributed by atoms with Gasteiger partial charge in [-0.05, 0) is 31.6 Å². The van der Waals surface area contributed by atoms with Crippen molar-refractivity contribution in [2.45, 2.75) is 13.0 Å². The number of H-pyrrole nitrogens is 1. The van der Waals surface area contributed by atoms with E-state index in [1.807, 2.05) is 6.07 Å². The minimum atomic E-state index is 0.275. The molecule has 1 fully saturated rings. The van der Waals surface area contributed by atoms with Crippen molar-refractivity contribution in [3.05, 3.63) is 24.0 Å². The number of hydrogen-bond donors (Lipinski definition) is 3. The molecule has 5 nitrogen and oxygen atoms in total. The van der Waals surface area contributed by atoms with Crippen LogP contribution in [0.25, 0.3) is 11.0 Å². The van der Waals surface area contributed by atoms with E-state index < -0.39 is 0 Å². The van der Waals surface area contributed by atoms with Crippen LogP contribution < -0.4 is 5.32 Å². The topological polar surface area (TPSA) is 64.2 Å². The molecule has 5 heteroatoms. The Kier molecular flexibility index (Phi) is 3.17. The monoisotopic (exact) mass is 246 g/mol. The molecule has 1 aromatic carbocycles. The van der Waals surface area contributed by atoms with E-state index in [0.29, 0.717) is 0 Å². The van der Waals surface area contributed by atoms with Gasteiger partial charge in [-0.1, -0.05) is 0 Å². The van der Waals surface area contributed by atoms with E-state index in [1.165, 1.54) is 6.42 Å². The zero-order chi connectivity index (χ0) is 12.4. The lowest BCUT2D eigenvalue weighted by molar-refractivity contribution is 0.278. The molecule has 3 rings (SSSR count). The molecule has 96 valence electrons. The molecule has 2 aromatic rings. The number of hydrogen-bond acceptors (Lipinski definition) is 4. The third-order valence-corrected chi connectivity index (χ3v) is 3.32. The van der Waals surface area contributed by atoms with Crippen molar-refractivity contribution >= 4 is 11.0 Å². The number of aromatic amines is 1. The highest BCUT2D eigenvalue weighted by Gasteiger charge is 2.11. The summed E-state index contributed by atoms with van der Waals surface area (Å²) in [6.45, 7) is 5.15. The number of aromatic hydroxyl groups is 1. The van der Waals surface area contributed by atoms with Crippen molar-refractivity contribution in [1.82, 2.24) is 20.2 Å². The van der Waals surface area contributed by atoms with E-state index in [4.69, 9.17) is 0 Å². The molecule has 2 heterocycles. The number of phenols is 1. The Bertz CT molecular complexity index is 529. The SMILES string of the molecule is Oc1ccc2nc(CN3CCCNCC3)[nH]c2c1. The molecular formula is C13H18N4O. The van der Waals surface area contributed by atoms with Crippen LogP contribution in [0.1, 0.15) is 12.2 Å². The number of nitrogens with one attached hydrogen (secondary N) is 2. The summed E-state index contributed by atoms with van der Waals surface area (Å²) < 4.78 is 0. The minimum absolute atomic E-state index is 0.275. The molecule has 0 aliphatic carbocycles. The van der Waals surface area contributed by atoms with Crippen LogP contribution in [0, 0.1) is 0 Å². The van der Waals surface area contributed by atoms with E-state index in [1.54, 1.807) is 12.1 Å². The predicted molar refractivity (Wildman–Crippen MR) is 70.5 cm³/mol. The van der Waals surface area contributed by atoms with Gasteiger partial charge < -0.3 is 15.4 Å². The molecule has 0 unspecified atom stereocenters. The molecule has 1 aliphatic heterocycles. The number of imidazole rings is 1. The zero-order valence-electron chi connectivity index (χ0n) is 10.3. The van der Waals surface area contributed by atoms with E-state index in [-0.39, 0.29) is 5.75 Å². The van der Waals surface area contributed by atoms with Gasteiger partial charge in [-0.3, -0.25) is 4.90 Å². The third-order valence-electron chi connectivity index (χ3n) is 3.32. The lowest BCUT2D eigenvalue weighted by Gasteiger charge is -2.17. The predicted octanol–water partition coefficient (Wildman–Crippen LogP) is 1.06. The highest BCUT2D eigenvalue weighted by Crippen LogP contribution is 2.18. The maximum Gasteiger partial charge on any atom is 0.121 e. The van der Waals surface area contributed by atoms with Gasteiger partial charge in [0.25, 0.3) is 0 Å². The van der Waals surface area contributed by atoms with Gasteiger partial charge in [-0.15, -0.1) is 0 Å². The molecule has 1 saturated heterocycles. The van der Waals surface area contributed by atoms with Gasteiger partial charge in [0.1, 0.15) is 11.6 Å². The molecule has 1 aromatic heterocycles. The summed E-state index contributed by atoms with van der Waals surface area (Å²) in [7, 11) is 0. The Morgan fingerprint density at radius 1 is 1.28 bits per heavy atom. The standard InChI is InChI=1S/C13H18N4O/c18-10-2-3-11-12(8-10)16-13(15-11)9-17-6-1-4-14-5-7-17/h2-3,8,14,18H,1,4-7,9H2,(H,15,16). The van der Waals surface area contributed by atoms with E-state index >= 15 is 0 Å². The molecule has 0 saturated carbocycles. The largest absolute Gasteiger partial charge is 0.508 e. The van der Waals surface area contributed by atoms with Crippen molar-refractivity contribution < 1.29 is 5.11 Å². The van der Waals surface area contributed by atoms with Gasteiger partial charge in [0.05, 0.1) is 17.6 Å². The molecule has 18 heavy (non-hydrogen) atoms. The van der Waals surface area contributed by atoms with E-state index in [2.05, 4.69) is 20.2 Å². The molecule has 0 radical (unpaired) electrons. The van der Waals surface area contributed by atoms with Crippen molar-refractivity contribution in [3.63, 3.8) is 0 Å². The van der Waals surface area contributed by atoms with Crippen molar-refractivity contribution in [3.8, 4) is 5.75 Å². The molecule has 0 bridgehead atoms. The Balaban J connectivity index is 1.77.